The Kier molecular flexibility index (Phi) is 5.64. The molecule has 0 amide bonds. The summed E-state index contributed by atoms with van der Waals surface area (Å²) in [6.07, 6.45) is 1.01. The average molecular weight is 238 g/mol. The largest absolute Gasteiger partial charge is 0.494 e. The Morgan fingerprint density at radius 3 is 2.88 bits per heavy atom. The van der Waals surface area contributed by atoms with E-state index in [2.05, 4.69) is 17.6 Å². The molecule has 0 heterocycles. The summed E-state index contributed by atoms with van der Waals surface area (Å²) < 4.78 is 5.53. The van der Waals surface area contributed by atoms with Crippen LogP contribution in [0.3, 0.4) is 0 Å². The summed E-state index contributed by atoms with van der Waals surface area (Å²) in [7, 11) is 0. The van der Waals surface area contributed by atoms with Crippen molar-refractivity contribution >= 4 is 23.0 Å². The summed E-state index contributed by atoms with van der Waals surface area (Å²) >= 11 is 5.10. The van der Waals surface area contributed by atoms with Crippen molar-refractivity contribution in [1.82, 2.24) is 5.32 Å². The molecule has 0 radical (unpaired) electrons. The van der Waals surface area contributed by atoms with E-state index in [4.69, 9.17) is 17.0 Å². The van der Waals surface area contributed by atoms with E-state index in [9.17, 15) is 0 Å². The first-order valence-electron chi connectivity index (χ1n) is 5.54. The molecule has 1 rings (SSSR count). The van der Waals surface area contributed by atoms with E-state index in [1.54, 1.807) is 0 Å². The van der Waals surface area contributed by atoms with Gasteiger partial charge in [0.1, 0.15) is 5.75 Å². The van der Waals surface area contributed by atoms with Crippen molar-refractivity contribution in [2.24, 2.45) is 0 Å². The van der Waals surface area contributed by atoms with Crippen LogP contribution in [0.4, 0.5) is 5.69 Å². The molecular weight excluding hydrogens is 220 g/mol. The molecule has 16 heavy (non-hydrogen) atoms. The topological polar surface area (TPSA) is 33.3 Å². The molecule has 0 aliphatic rings. The van der Waals surface area contributed by atoms with Gasteiger partial charge in [0.2, 0.25) is 0 Å². The summed E-state index contributed by atoms with van der Waals surface area (Å²) in [5, 5.41) is 6.77. The second-order valence-corrected chi connectivity index (χ2v) is 3.77. The predicted molar refractivity (Wildman–Crippen MR) is 72.1 cm³/mol. The molecule has 88 valence electrons. The molecule has 4 heteroatoms. The number of nitrogens with one attached hydrogen (secondary N) is 2. The summed E-state index contributed by atoms with van der Waals surface area (Å²) in [4.78, 5) is 0. The summed E-state index contributed by atoms with van der Waals surface area (Å²) in [6, 6.07) is 7.79. The SMILES string of the molecule is CCCOc1cccc(NC(=S)NCC)c1. The van der Waals surface area contributed by atoms with Crippen LogP contribution in [0.1, 0.15) is 20.3 Å². The maximum atomic E-state index is 5.53. The van der Waals surface area contributed by atoms with E-state index in [0.29, 0.717) is 5.11 Å². The standard InChI is InChI=1S/C12H18N2OS/c1-3-8-15-11-7-5-6-10(9-11)14-12(16)13-4-2/h5-7,9H,3-4,8H2,1-2H3,(H2,13,14,16). The number of benzene rings is 1. The fourth-order valence-corrected chi connectivity index (χ4v) is 1.48. The first kappa shape index (κ1) is 12.8. The lowest BCUT2D eigenvalue weighted by Gasteiger charge is -2.10. The number of rotatable bonds is 5. The Morgan fingerprint density at radius 2 is 2.19 bits per heavy atom. The van der Waals surface area contributed by atoms with Gasteiger partial charge >= 0.3 is 0 Å². The lowest BCUT2D eigenvalue weighted by molar-refractivity contribution is 0.317. The van der Waals surface area contributed by atoms with Gasteiger partial charge in [-0.1, -0.05) is 13.0 Å². The quantitative estimate of drug-likeness (QED) is 0.773. The maximum Gasteiger partial charge on any atom is 0.170 e. The molecule has 2 N–H and O–H groups in total. The van der Waals surface area contributed by atoms with Crippen LogP contribution in [-0.2, 0) is 0 Å². The van der Waals surface area contributed by atoms with Gasteiger partial charge < -0.3 is 15.4 Å². The molecule has 0 saturated heterocycles. The molecule has 0 spiro atoms. The highest BCUT2D eigenvalue weighted by atomic mass is 32.1. The molecule has 0 unspecified atom stereocenters. The third-order valence-electron chi connectivity index (χ3n) is 1.90. The van der Waals surface area contributed by atoms with Crippen molar-refractivity contribution in [1.29, 1.82) is 0 Å². The van der Waals surface area contributed by atoms with E-state index in [-0.39, 0.29) is 0 Å². The Morgan fingerprint density at radius 1 is 1.38 bits per heavy atom. The van der Waals surface area contributed by atoms with Gasteiger partial charge in [0.05, 0.1) is 6.61 Å². The Hall–Kier alpha value is -1.29. The fourth-order valence-electron chi connectivity index (χ4n) is 1.22. The molecule has 0 bridgehead atoms. The van der Waals surface area contributed by atoms with Gasteiger partial charge in [0.25, 0.3) is 0 Å². The zero-order valence-corrected chi connectivity index (χ0v) is 10.6. The number of hydrogen-bond donors (Lipinski definition) is 2. The maximum absolute atomic E-state index is 5.53. The third-order valence-corrected chi connectivity index (χ3v) is 2.15. The van der Waals surface area contributed by atoms with Crippen molar-refractivity contribution in [3.63, 3.8) is 0 Å². The molecule has 0 aliphatic carbocycles. The van der Waals surface area contributed by atoms with E-state index in [1.807, 2.05) is 31.2 Å². The van der Waals surface area contributed by atoms with Gasteiger partial charge in [0, 0.05) is 18.3 Å². The minimum Gasteiger partial charge on any atom is -0.494 e. The highest BCUT2D eigenvalue weighted by molar-refractivity contribution is 7.80. The van der Waals surface area contributed by atoms with Crippen molar-refractivity contribution in [2.45, 2.75) is 20.3 Å². The second-order valence-electron chi connectivity index (χ2n) is 3.36. The molecule has 0 saturated carbocycles. The van der Waals surface area contributed by atoms with Crippen LogP contribution in [0.25, 0.3) is 0 Å². The second kappa shape index (κ2) is 7.06. The minimum absolute atomic E-state index is 0.634. The number of ether oxygens (including phenoxy) is 1. The Labute approximate surface area is 102 Å². The molecule has 0 aliphatic heterocycles. The number of anilines is 1. The van der Waals surface area contributed by atoms with E-state index in [1.165, 1.54) is 0 Å². The van der Waals surface area contributed by atoms with Crippen LogP contribution in [0.5, 0.6) is 5.75 Å². The van der Waals surface area contributed by atoms with Crippen LogP contribution in [0.2, 0.25) is 0 Å². The first-order valence-corrected chi connectivity index (χ1v) is 5.94. The van der Waals surface area contributed by atoms with E-state index < -0.39 is 0 Å². The molecule has 3 nitrogen and oxygen atoms in total. The lowest BCUT2D eigenvalue weighted by Crippen LogP contribution is -2.27. The normalized spacial score (nSPS) is 9.62. The predicted octanol–water partition coefficient (Wildman–Crippen LogP) is 2.78. The summed E-state index contributed by atoms with van der Waals surface area (Å²) in [5.74, 6) is 0.867. The van der Waals surface area contributed by atoms with Gasteiger partial charge in [-0.05, 0) is 37.7 Å². The molecule has 0 fully saturated rings. The fraction of sp³-hybridized carbons (Fsp3) is 0.417. The molecule has 1 aromatic rings. The van der Waals surface area contributed by atoms with Crippen LogP contribution in [0, 0.1) is 0 Å². The van der Waals surface area contributed by atoms with Crippen LogP contribution in [0.15, 0.2) is 24.3 Å². The zero-order chi connectivity index (χ0) is 11.8. The monoisotopic (exact) mass is 238 g/mol. The summed E-state index contributed by atoms with van der Waals surface area (Å²) in [5.41, 5.74) is 0.944. The van der Waals surface area contributed by atoms with E-state index in [0.717, 1.165) is 31.0 Å². The van der Waals surface area contributed by atoms with Gasteiger partial charge in [-0.2, -0.15) is 0 Å². The van der Waals surface area contributed by atoms with Crippen molar-refractivity contribution in [2.75, 3.05) is 18.5 Å². The number of hydrogen-bond acceptors (Lipinski definition) is 2. The lowest BCUT2D eigenvalue weighted by atomic mass is 10.3. The highest BCUT2D eigenvalue weighted by Crippen LogP contribution is 2.17. The van der Waals surface area contributed by atoms with Gasteiger partial charge in [-0.3, -0.25) is 0 Å². The smallest absolute Gasteiger partial charge is 0.170 e. The van der Waals surface area contributed by atoms with Crippen molar-refractivity contribution in [3.05, 3.63) is 24.3 Å². The Bertz CT molecular complexity index is 342. The van der Waals surface area contributed by atoms with Crippen LogP contribution >= 0.6 is 12.2 Å². The summed E-state index contributed by atoms with van der Waals surface area (Å²) in [6.45, 7) is 5.65. The molecular formula is C12H18N2OS. The first-order chi connectivity index (χ1) is 7.76. The van der Waals surface area contributed by atoms with Crippen LogP contribution in [-0.4, -0.2) is 18.3 Å². The van der Waals surface area contributed by atoms with Gasteiger partial charge in [-0.15, -0.1) is 0 Å². The van der Waals surface area contributed by atoms with Gasteiger partial charge in [-0.25, -0.2) is 0 Å². The zero-order valence-electron chi connectivity index (χ0n) is 9.75. The van der Waals surface area contributed by atoms with Crippen LogP contribution < -0.4 is 15.4 Å². The van der Waals surface area contributed by atoms with Gasteiger partial charge in [0.15, 0.2) is 5.11 Å². The highest BCUT2D eigenvalue weighted by Gasteiger charge is 1.98. The average Bonchev–Trinajstić information content (AvgIpc) is 2.27. The van der Waals surface area contributed by atoms with Crippen molar-refractivity contribution < 1.29 is 4.74 Å². The minimum atomic E-state index is 0.634. The Balaban J connectivity index is 2.56. The van der Waals surface area contributed by atoms with Crippen molar-refractivity contribution in [3.8, 4) is 5.75 Å². The number of thiocarbonyl (C=S) groups is 1. The third kappa shape index (κ3) is 4.49. The molecule has 0 aromatic heterocycles. The molecule has 1 aromatic carbocycles. The molecule has 0 atom stereocenters. The van der Waals surface area contributed by atoms with E-state index >= 15 is 0 Å².